The molecule has 0 saturated heterocycles. The minimum absolute atomic E-state index is 0.614. The fraction of sp³-hybridized carbons (Fsp3) is 0.375. The van der Waals surface area contributed by atoms with Crippen molar-refractivity contribution in [2.24, 2.45) is 0 Å². The first-order chi connectivity index (χ1) is 5.65. The Labute approximate surface area is 74.6 Å². The number of aryl methyl sites for hydroxylation is 1. The predicted molar refractivity (Wildman–Crippen MR) is 46.0 cm³/mol. The molecule has 0 aliphatic carbocycles. The van der Waals surface area contributed by atoms with Crippen molar-refractivity contribution in [2.75, 3.05) is 7.11 Å². The zero-order valence-electron chi connectivity index (χ0n) is 6.90. The number of rotatable bonds is 2. The van der Waals surface area contributed by atoms with E-state index in [2.05, 4.69) is 4.74 Å². The molecule has 3 nitrogen and oxygen atoms in total. The summed E-state index contributed by atoms with van der Waals surface area (Å²) in [6, 6.07) is 3.58. The molecule has 1 unspecified atom stereocenters. The van der Waals surface area contributed by atoms with Gasteiger partial charge in [-0.3, -0.25) is 0 Å². The highest BCUT2D eigenvalue weighted by atomic mass is 32.1. The second kappa shape index (κ2) is 3.69. The van der Waals surface area contributed by atoms with Crippen molar-refractivity contribution in [3.8, 4) is 0 Å². The number of ether oxygens (including phenoxy) is 1. The van der Waals surface area contributed by atoms with Crippen LogP contribution in [0.1, 0.15) is 15.9 Å². The van der Waals surface area contributed by atoms with Gasteiger partial charge in [-0.05, 0) is 19.1 Å². The molecular weight excluding hydrogens is 176 g/mol. The van der Waals surface area contributed by atoms with Gasteiger partial charge >= 0.3 is 5.97 Å². The lowest BCUT2D eigenvalue weighted by Gasteiger charge is -2.04. The Bertz CT molecular complexity index is 280. The van der Waals surface area contributed by atoms with E-state index in [1.54, 1.807) is 6.07 Å². The molecule has 12 heavy (non-hydrogen) atoms. The fourth-order valence-electron chi connectivity index (χ4n) is 0.828. The average Bonchev–Trinajstić information content (AvgIpc) is 2.49. The molecular formula is C8H10O3S. The van der Waals surface area contributed by atoms with Crippen LogP contribution in [0.15, 0.2) is 12.1 Å². The zero-order valence-corrected chi connectivity index (χ0v) is 7.72. The fourth-order valence-corrected chi connectivity index (χ4v) is 1.68. The van der Waals surface area contributed by atoms with Gasteiger partial charge in [0, 0.05) is 9.75 Å². The number of carbonyl (C=O) groups excluding carboxylic acids is 1. The molecule has 0 radical (unpaired) electrons. The maximum absolute atomic E-state index is 10.9. The molecule has 0 fully saturated rings. The van der Waals surface area contributed by atoms with E-state index in [9.17, 15) is 9.90 Å². The van der Waals surface area contributed by atoms with E-state index in [0.29, 0.717) is 4.88 Å². The van der Waals surface area contributed by atoms with E-state index in [1.165, 1.54) is 18.4 Å². The summed E-state index contributed by atoms with van der Waals surface area (Å²) < 4.78 is 4.39. The van der Waals surface area contributed by atoms with Crippen molar-refractivity contribution < 1.29 is 14.6 Å². The summed E-state index contributed by atoms with van der Waals surface area (Å²) in [5.41, 5.74) is 0. The number of hydrogen-bond acceptors (Lipinski definition) is 4. The number of aliphatic hydroxyl groups excluding tert-OH is 1. The number of aliphatic hydroxyl groups is 1. The van der Waals surface area contributed by atoms with Gasteiger partial charge in [-0.2, -0.15) is 0 Å². The number of hydrogen-bond donors (Lipinski definition) is 1. The largest absolute Gasteiger partial charge is 0.467 e. The molecule has 0 aliphatic rings. The maximum atomic E-state index is 10.9. The molecule has 0 bridgehead atoms. The van der Waals surface area contributed by atoms with E-state index in [1.807, 2.05) is 13.0 Å². The van der Waals surface area contributed by atoms with Gasteiger partial charge in [0.05, 0.1) is 7.11 Å². The summed E-state index contributed by atoms with van der Waals surface area (Å²) in [6.07, 6.45) is -1.13. The second-order valence-electron chi connectivity index (χ2n) is 2.37. The van der Waals surface area contributed by atoms with Crippen LogP contribution in [0.3, 0.4) is 0 Å². The predicted octanol–water partition coefficient (Wildman–Crippen LogP) is 1.26. The van der Waals surface area contributed by atoms with Gasteiger partial charge in [0.25, 0.3) is 0 Å². The Kier molecular flexibility index (Phi) is 2.83. The van der Waals surface area contributed by atoms with Gasteiger partial charge in [0.1, 0.15) is 0 Å². The van der Waals surface area contributed by atoms with Crippen molar-refractivity contribution in [1.29, 1.82) is 0 Å². The molecule has 1 atom stereocenters. The Hall–Kier alpha value is -0.870. The lowest BCUT2D eigenvalue weighted by atomic mass is 10.3. The number of methoxy groups -OCH3 is 1. The summed E-state index contributed by atoms with van der Waals surface area (Å²) >= 11 is 1.39. The van der Waals surface area contributed by atoms with E-state index in [-0.39, 0.29) is 0 Å². The highest BCUT2D eigenvalue weighted by molar-refractivity contribution is 7.12. The van der Waals surface area contributed by atoms with Gasteiger partial charge in [-0.1, -0.05) is 0 Å². The summed E-state index contributed by atoms with van der Waals surface area (Å²) in [5, 5.41) is 9.34. The topological polar surface area (TPSA) is 46.5 Å². The average molecular weight is 186 g/mol. The lowest BCUT2D eigenvalue weighted by molar-refractivity contribution is -0.150. The molecule has 0 amide bonds. The molecule has 1 N–H and O–H groups in total. The Morgan fingerprint density at radius 3 is 2.75 bits per heavy atom. The third-order valence-corrected chi connectivity index (χ3v) is 2.51. The van der Waals surface area contributed by atoms with Crippen LogP contribution in [0, 0.1) is 6.92 Å². The monoisotopic (exact) mass is 186 g/mol. The molecule has 0 aliphatic heterocycles. The molecule has 66 valence electrons. The minimum Gasteiger partial charge on any atom is -0.467 e. The third-order valence-electron chi connectivity index (χ3n) is 1.46. The summed E-state index contributed by atoms with van der Waals surface area (Å²) in [6.45, 7) is 1.91. The van der Waals surface area contributed by atoms with E-state index >= 15 is 0 Å². The van der Waals surface area contributed by atoms with Crippen molar-refractivity contribution in [2.45, 2.75) is 13.0 Å². The van der Waals surface area contributed by atoms with Crippen molar-refractivity contribution in [1.82, 2.24) is 0 Å². The van der Waals surface area contributed by atoms with Crippen LogP contribution in [0.5, 0.6) is 0 Å². The van der Waals surface area contributed by atoms with Crippen LogP contribution in [0.2, 0.25) is 0 Å². The van der Waals surface area contributed by atoms with E-state index in [4.69, 9.17) is 0 Å². The minimum atomic E-state index is -1.13. The highest BCUT2D eigenvalue weighted by Gasteiger charge is 2.18. The van der Waals surface area contributed by atoms with Crippen molar-refractivity contribution in [3.63, 3.8) is 0 Å². The van der Waals surface area contributed by atoms with Crippen LogP contribution in [0.25, 0.3) is 0 Å². The highest BCUT2D eigenvalue weighted by Crippen LogP contribution is 2.23. The Morgan fingerprint density at radius 2 is 2.33 bits per heavy atom. The summed E-state index contributed by atoms with van der Waals surface area (Å²) in [5.74, 6) is -0.614. The molecule has 0 saturated carbocycles. The number of esters is 1. The van der Waals surface area contributed by atoms with E-state index < -0.39 is 12.1 Å². The van der Waals surface area contributed by atoms with E-state index in [0.717, 1.165) is 4.88 Å². The van der Waals surface area contributed by atoms with Crippen LogP contribution in [-0.2, 0) is 9.53 Å². The first kappa shape index (κ1) is 9.22. The Balaban J connectivity index is 2.77. The lowest BCUT2D eigenvalue weighted by Crippen LogP contribution is -2.11. The van der Waals surface area contributed by atoms with Crippen LogP contribution < -0.4 is 0 Å². The quantitative estimate of drug-likeness (QED) is 0.707. The molecule has 1 aromatic rings. The van der Waals surface area contributed by atoms with Gasteiger partial charge in [-0.25, -0.2) is 4.79 Å². The smallest absolute Gasteiger partial charge is 0.340 e. The molecule has 0 aromatic carbocycles. The molecule has 1 heterocycles. The van der Waals surface area contributed by atoms with Gasteiger partial charge in [-0.15, -0.1) is 11.3 Å². The van der Waals surface area contributed by atoms with Gasteiger partial charge in [0.2, 0.25) is 0 Å². The first-order valence-corrected chi connectivity index (χ1v) is 4.29. The summed E-state index contributed by atoms with van der Waals surface area (Å²) in [7, 11) is 1.26. The summed E-state index contributed by atoms with van der Waals surface area (Å²) in [4.78, 5) is 12.5. The maximum Gasteiger partial charge on any atom is 0.340 e. The van der Waals surface area contributed by atoms with Crippen molar-refractivity contribution in [3.05, 3.63) is 21.9 Å². The normalized spacial score (nSPS) is 12.6. The van der Waals surface area contributed by atoms with Gasteiger partial charge < -0.3 is 9.84 Å². The van der Waals surface area contributed by atoms with Crippen LogP contribution >= 0.6 is 11.3 Å². The standard InChI is InChI=1S/C8H10O3S/c1-5-3-4-6(12-5)7(9)8(10)11-2/h3-4,7,9H,1-2H3. The zero-order chi connectivity index (χ0) is 9.14. The molecule has 4 heteroatoms. The van der Waals surface area contributed by atoms with Crippen molar-refractivity contribution >= 4 is 17.3 Å². The molecule has 0 spiro atoms. The third kappa shape index (κ3) is 1.84. The molecule has 1 aromatic heterocycles. The number of carbonyl (C=O) groups is 1. The van der Waals surface area contributed by atoms with Gasteiger partial charge in [0.15, 0.2) is 6.10 Å². The Morgan fingerprint density at radius 1 is 1.67 bits per heavy atom. The number of thiophene rings is 1. The first-order valence-electron chi connectivity index (χ1n) is 3.47. The SMILES string of the molecule is COC(=O)C(O)c1ccc(C)s1. The van der Waals surface area contributed by atoms with Crippen LogP contribution in [-0.4, -0.2) is 18.2 Å². The van der Waals surface area contributed by atoms with Crippen LogP contribution in [0.4, 0.5) is 0 Å². The second-order valence-corrected chi connectivity index (χ2v) is 3.69. The molecule has 1 rings (SSSR count).